The lowest BCUT2D eigenvalue weighted by atomic mass is 9.82. The van der Waals surface area contributed by atoms with E-state index in [1.54, 1.807) is 18.2 Å². The Morgan fingerprint density at radius 2 is 2.00 bits per heavy atom. The van der Waals surface area contributed by atoms with Crippen LogP contribution in [-0.4, -0.2) is 12.5 Å². The van der Waals surface area contributed by atoms with Gasteiger partial charge in [-0.2, -0.15) is 0 Å². The fourth-order valence-electron chi connectivity index (χ4n) is 1.40. The van der Waals surface area contributed by atoms with E-state index in [0.29, 0.717) is 23.7 Å². The smallest absolute Gasteiger partial charge is 0.251 e. The summed E-state index contributed by atoms with van der Waals surface area (Å²) in [5.74, 6) is 0.324. The summed E-state index contributed by atoms with van der Waals surface area (Å²) in [6.07, 6.45) is 0. The monoisotopic (exact) mass is 312 g/mol. The summed E-state index contributed by atoms with van der Waals surface area (Å²) < 4.78 is 0.816. The van der Waals surface area contributed by atoms with E-state index in [0.717, 1.165) is 4.47 Å². The number of anilines is 1. The van der Waals surface area contributed by atoms with Gasteiger partial charge in [-0.15, -0.1) is 0 Å². The highest BCUT2D eigenvalue weighted by Crippen LogP contribution is 2.24. The number of nitrogens with two attached hydrogens (primary N) is 1. The average Bonchev–Trinajstić information content (AvgIpc) is 2.22. The molecule has 0 radical (unpaired) electrons. The van der Waals surface area contributed by atoms with Crippen molar-refractivity contribution in [2.45, 2.75) is 27.7 Å². The normalized spacial score (nSPS) is 13.2. The maximum absolute atomic E-state index is 12.0. The summed E-state index contributed by atoms with van der Waals surface area (Å²) in [5, 5.41) is 2.94. The largest absolute Gasteiger partial charge is 0.399 e. The van der Waals surface area contributed by atoms with Crippen LogP contribution in [0.2, 0.25) is 0 Å². The number of rotatable bonds is 3. The molecular weight excluding hydrogens is 292 g/mol. The van der Waals surface area contributed by atoms with Gasteiger partial charge in [-0.25, -0.2) is 0 Å². The van der Waals surface area contributed by atoms with Gasteiger partial charge in [-0.1, -0.05) is 43.6 Å². The highest BCUT2D eigenvalue weighted by molar-refractivity contribution is 9.10. The lowest BCUT2D eigenvalue weighted by Crippen LogP contribution is -2.33. The highest BCUT2D eigenvalue weighted by atomic mass is 79.9. The lowest BCUT2D eigenvalue weighted by molar-refractivity contribution is 0.0937. The first-order valence-electron chi connectivity index (χ1n) is 6.04. The Morgan fingerprint density at radius 3 is 2.50 bits per heavy atom. The number of nitrogens with one attached hydrogen (secondary N) is 1. The van der Waals surface area contributed by atoms with E-state index < -0.39 is 0 Å². The van der Waals surface area contributed by atoms with Crippen LogP contribution in [0.4, 0.5) is 5.69 Å². The van der Waals surface area contributed by atoms with Crippen LogP contribution in [0.25, 0.3) is 0 Å². The number of carbonyl (C=O) groups is 1. The van der Waals surface area contributed by atoms with Crippen LogP contribution >= 0.6 is 15.9 Å². The number of hydrogen-bond donors (Lipinski definition) is 2. The predicted octanol–water partition coefficient (Wildman–Crippen LogP) is 3.44. The molecule has 1 amide bonds. The van der Waals surface area contributed by atoms with Gasteiger partial charge in [-0.05, 0) is 29.5 Å². The molecule has 0 fully saturated rings. The maximum atomic E-state index is 12.0. The Hall–Kier alpha value is -1.03. The third kappa shape index (κ3) is 4.33. The van der Waals surface area contributed by atoms with Crippen LogP contribution in [0.15, 0.2) is 22.7 Å². The fourth-order valence-corrected chi connectivity index (χ4v) is 1.91. The summed E-state index contributed by atoms with van der Waals surface area (Å²) in [7, 11) is 0. The molecule has 0 saturated carbocycles. The van der Waals surface area contributed by atoms with E-state index >= 15 is 0 Å². The van der Waals surface area contributed by atoms with Gasteiger partial charge in [-0.3, -0.25) is 4.79 Å². The van der Waals surface area contributed by atoms with Crippen LogP contribution in [0.5, 0.6) is 0 Å². The first-order chi connectivity index (χ1) is 8.20. The molecule has 0 spiro atoms. The quantitative estimate of drug-likeness (QED) is 0.840. The molecule has 0 aliphatic carbocycles. The molecule has 4 heteroatoms. The molecule has 3 N–H and O–H groups in total. The van der Waals surface area contributed by atoms with Crippen molar-refractivity contribution in [2.75, 3.05) is 12.3 Å². The van der Waals surface area contributed by atoms with Gasteiger partial charge in [0, 0.05) is 22.3 Å². The number of nitrogen functional groups attached to an aromatic ring is 1. The van der Waals surface area contributed by atoms with Crippen LogP contribution in [-0.2, 0) is 0 Å². The van der Waals surface area contributed by atoms with Crippen LogP contribution < -0.4 is 11.1 Å². The summed E-state index contributed by atoms with van der Waals surface area (Å²) in [6.45, 7) is 9.30. The molecule has 3 nitrogen and oxygen atoms in total. The Kier molecular flexibility index (Phi) is 4.79. The SMILES string of the molecule is CC(CNC(=O)c1cc(N)cc(Br)c1)C(C)(C)C. The molecule has 100 valence electrons. The zero-order valence-corrected chi connectivity index (χ0v) is 13.0. The molecule has 1 aromatic rings. The van der Waals surface area contributed by atoms with E-state index in [-0.39, 0.29) is 11.3 Å². The van der Waals surface area contributed by atoms with Crippen molar-refractivity contribution >= 4 is 27.5 Å². The van der Waals surface area contributed by atoms with E-state index in [2.05, 4.69) is 48.9 Å². The van der Waals surface area contributed by atoms with Crippen molar-refractivity contribution in [1.82, 2.24) is 5.32 Å². The number of halogens is 1. The zero-order chi connectivity index (χ0) is 13.9. The van der Waals surface area contributed by atoms with Crippen LogP contribution in [0.1, 0.15) is 38.1 Å². The van der Waals surface area contributed by atoms with Crippen molar-refractivity contribution < 1.29 is 4.79 Å². The molecule has 0 aliphatic rings. The molecule has 1 atom stereocenters. The van der Waals surface area contributed by atoms with Crippen molar-refractivity contribution in [3.05, 3.63) is 28.2 Å². The second-order valence-electron chi connectivity index (χ2n) is 5.75. The molecule has 0 aliphatic heterocycles. The van der Waals surface area contributed by atoms with Crippen LogP contribution in [0, 0.1) is 11.3 Å². The van der Waals surface area contributed by atoms with Gasteiger partial charge >= 0.3 is 0 Å². The van der Waals surface area contributed by atoms with Crippen molar-refractivity contribution in [3.63, 3.8) is 0 Å². The molecule has 1 aromatic carbocycles. The third-order valence-corrected chi connectivity index (χ3v) is 3.69. The van der Waals surface area contributed by atoms with E-state index in [9.17, 15) is 4.79 Å². The molecule has 0 aromatic heterocycles. The van der Waals surface area contributed by atoms with E-state index in [1.807, 2.05) is 0 Å². The minimum atomic E-state index is -0.0842. The summed E-state index contributed by atoms with van der Waals surface area (Å²) in [4.78, 5) is 12.0. The standard InChI is InChI=1S/C14H21BrN2O/c1-9(14(2,3)4)8-17-13(18)10-5-11(15)7-12(16)6-10/h5-7,9H,8,16H2,1-4H3,(H,17,18). The predicted molar refractivity (Wildman–Crippen MR) is 79.5 cm³/mol. The summed E-state index contributed by atoms with van der Waals surface area (Å²) in [5.41, 5.74) is 7.06. The second kappa shape index (κ2) is 5.74. The van der Waals surface area contributed by atoms with Gasteiger partial charge in [0.1, 0.15) is 0 Å². The molecule has 18 heavy (non-hydrogen) atoms. The molecular formula is C14H21BrN2O. The molecule has 0 bridgehead atoms. The Bertz CT molecular complexity index is 418. The average molecular weight is 313 g/mol. The van der Waals surface area contributed by atoms with Gasteiger partial charge in [0.05, 0.1) is 0 Å². The van der Waals surface area contributed by atoms with Crippen molar-refractivity contribution in [3.8, 4) is 0 Å². The summed E-state index contributed by atoms with van der Waals surface area (Å²) in [6, 6.07) is 5.23. The zero-order valence-electron chi connectivity index (χ0n) is 11.4. The van der Waals surface area contributed by atoms with Gasteiger partial charge in [0.2, 0.25) is 0 Å². The Balaban J connectivity index is 2.66. The molecule has 0 heterocycles. The fraction of sp³-hybridized carbons (Fsp3) is 0.500. The van der Waals surface area contributed by atoms with Gasteiger partial charge in [0.15, 0.2) is 0 Å². The molecule has 0 saturated heterocycles. The van der Waals surface area contributed by atoms with Gasteiger partial charge < -0.3 is 11.1 Å². The first kappa shape index (κ1) is 15.0. The first-order valence-corrected chi connectivity index (χ1v) is 6.83. The lowest BCUT2D eigenvalue weighted by Gasteiger charge is -2.27. The topological polar surface area (TPSA) is 55.1 Å². The number of carbonyl (C=O) groups excluding carboxylic acids is 1. The van der Waals surface area contributed by atoms with E-state index in [1.165, 1.54) is 0 Å². The Labute approximate surface area is 117 Å². The number of hydrogen-bond acceptors (Lipinski definition) is 2. The van der Waals surface area contributed by atoms with Gasteiger partial charge in [0.25, 0.3) is 5.91 Å². The van der Waals surface area contributed by atoms with Crippen LogP contribution in [0.3, 0.4) is 0 Å². The number of amides is 1. The van der Waals surface area contributed by atoms with Crippen molar-refractivity contribution in [1.29, 1.82) is 0 Å². The van der Waals surface area contributed by atoms with Crippen molar-refractivity contribution in [2.24, 2.45) is 11.3 Å². The van der Waals surface area contributed by atoms with E-state index in [4.69, 9.17) is 5.73 Å². The molecule has 1 unspecified atom stereocenters. The molecule has 1 rings (SSSR count). The second-order valence-corrected chi connectivity index (χ2v) is 6.67. The minimum absolute atomic E-state index is 0.0842. The highest BCUT2D eigenvalue weighted by Gasteiger charge is 2.20. The summed E-state index contributed by atoms with van der Waals surface area (Å²) >= 11 is 3.33. The number of benzene rings is 1. The minimum Gasteiger partial charge on any atom is -0.399 e. The Morgan fingerprint density at radius 1 is 1.39 bits per heavy atom. The third-order valence-electron chi connectivity index (χ3n) is 3.23. The maximum Gasteiger partial charge on any atom is 0.251 e.